The second-order valence-corrected chi connectivity index (χ2v) is 5.72. The van der Waals surface area contributed by atoms with E-state index in [0.717, 1.165) is 11.3 Å². The molecular weight excluding hydrogens is 293 g/mol. The third-order valence-corrected chi connectivity index (χ3v) is 3.59. The SMILES string of the molecule is Cc1cc(C)cc(N(C)Cc2nc(-c3ccc(F)cc3)no2)c1. The van der Waals surface area contributed by atoms with Gasteiger partial charge in [0.1, 0.15) is 5.82 Å². The van der Waals surface area contributed by atoms with Gasteiger partial charge in [-0.15, -0.1) is 0 Å². The van der Waals surface area contributed by atoms with Gasteiger partial charge in [-0.1, -0.05) is 11.2 Å². The van der Waals surface area contributed by atoms with E-state index in [4.69, 9.17) is 4.52 Å². The van der Waals surface area contributed by atoms with Crippen molar-refractivity contribution in [1.29, 1.82) is 0 Å². The topological polar surface area (TPSA) is 42.2 Å². The molecule has 0 saturated carbocycles. The molecule has 0 aliphatic heterocycles. The maximum atomic E-state index is 13.0. The fourth-order valence-electron chi connectivity index (χ4n) is 2.50. The van der Waals surface area contributed by atoms with Gasteiger partial charge in [0, 0.05) is 18.3 Å². The minimum Gasteiger partial charge on any atom is -0.365 e. The smallest absolute Gasteiger partial charge is 0.246 e. The van der Waals surface area contributed by atoms with E-state index in [9.17, 15) is 4.39 Å². The molecule has 2 aromatic carbocycles. The van der Waals surface area contributed by atoms with Crippen molar-refractivity contribution in [1.82, 2.24) is 10.1 Å². The van der Waals surface area contributed by atoms with Crippen LogP contribution in [0.1, 0.15) is 17.0 Å². The largest absolute Gasteiger partial charge is 0.365 e. The second-order valence-electron chi connectivity index (χ2n) is 5.72. The average molecular weight is 311 g/mol. The molecule has 3 aromatic rings. The van der Waals surface area contributed by atoms with Gasteiger partial charge in [-0.05, 0) is 61.4 Å². The highest BCUT2D eigenvalue weighted by Crippen LogP contribution is 2.21. The molecule has 0 fully saturated rings. The molecule has 1 aromatic heterocycles. The Morgan fingerprint density at radius 3 is 2.35 bits per heavy atom. The predicted molar refractivity (Wildman–Crippen MR) is 87.7 cm³/mol. The van der Waals surface area contributed by atoms with E-state index < -0.39 is 0 Å². The van der Waals surface area contributed by atoms with Crippen molar-refractivity contribution >= 4 is 5.69 Å². The van der Waals surface area contributed by atoms with Gasteiger partial charge in [0.15, 0.2) is 0 Å². The Labute approximate surface area is 134 Å². The quantitative estimate of drug-likeness (QED) is 0.726. The summed E-state index contributed by atoms with van der Waals surface area (Å²) in [6, 6.07) is 12.4. The van der Waals surface area contributed by atoms with Crippen LogP contribution in [0, 0.1) is 19.7 Å². The Balaban J connectivity index is 1.77. The lowest BCUT2D eigenvalue weighted by atomic mass is 10.1. The molecule has 4 nitrogen and oxygen atoms in total. The molecule has 0 spiro atoms. The number of hydrogen-bond acceptors (Lipinski definition) is 4. The second kappa shape index (κ2) is 6.20. The molecule has 0 radical (unpaired) electrons. The summed E-state index contributed by atoms with van der Waals surface area (Å²) in [5.41, 5.74) is 4.26. The fourth-order valence-corrected chi connectivity index (χ4v) is 2.50. The molecule has 5 heteroatoms. The van der Waals surface area contributed by atoms with E-state index in [0.29, 0.717) is 18.3 Å². The van der Waals surface area contributed by atoms with Crippen molar-refractivity contribution in [3.63, 3.8) is 0 Å². The summed E-state index contributed by atoms with van der Waals surface area (Å²) in [6.45, 7) is 4.66. The van der Waals surface area contributed by atoms with Crippen LogP contribution in [0.3, 0.4) is 0 Å². The molecule has 118 valence electrons. The van der Waals surface area contributed by atoms with Gasteiger partial charge in [-0.2, -0.15) is 4.98 Å². The molecule has 3 rings (SSSR count). The highest BCUT2D eigenvalue weighted by molar-refractivity contribution is 5.54. The molecule has 0 saturated heterocycles. The minimum atomic E-state index is -0.285. The van der Waals surface area contributed by atoms with E-state index in [-0.39, 0.29) is 5.82 Å². The highest BCUT2D eigenvalue weighted by atomic mass is 19.1. The maximum Gasteiger partial charge on any atom is 0.246 e. The average Bonchev–Trinajstić information content (AvgIpc) is 2.95. The number of halogens is 1. The van der Waals surface area contributed by atoms with Crippen LogP contribution in [0.25, 0.3) is 11.4 Å². The van der Waals surface area contributed by atoms with E-state index >= 15 is 0 Å². The molecule has 0 aliphatic carbocycles. The van der Waals surface area contributed by atoms with E-state index in [1.54, 1.807) is 12.1 Å². The molecule has 0 unspecified atom stereocenters. The zero-order valence-electron chi connectivity index (χ0n) is 13.4. The van der Waals surface area contributed by atoms with Crippen molar-refractivity contribution in [2.45, 2.75) is 20.4 Å². The highest BCUT2D eigenvalue weighted by Gasteiger charge is 2.12. The van der Waals surface area contributed by atoms with E-state index in [1.165, 1.54) is 23.3 Å². The van der Waals surface area contributed by atoms with Gasteiger partial charge in [0.2, 0.25) is 11.7 Å². The Morgan fingerprint density at radius 2 is 1.70 bits per heavy atom. The van der Waals surface area contributed by atoms with Crippen molar-refractivity contribution in [3.8, 4) is 11.4 Å². The van der Waals surface area contributed by atoms with Crippen LogP contribution in [0.2, 0.25) is 0 Å². The lowest BCUT2D eigenvalue weighted by molar-refractivity contribution is 0.378. The summed E-state index contributed by atoms with van der Waals surface area (Å²) >= 11 is 0. The fraction of sp³-hybridized carbons (Fsp3) is 0.222. The lowest BCUT2D eigenvalue weighted by Gasteiger charge is -2.18. The lowest BCUT2D eigenvalue weighted by Crippen LogP contribution is -2.16. The summed E-state index contributed by atoms with van der Waals surface area (Å²) in [5, 5.41) is 3.96. The number of benzene rings is 2. The van der Waals surface area contributed by atoms with Crippen LogP contribution in [-0.2, 0) is 6.54 Å². The number of anilines is 1. The Hall–Kier alpha value is -2.69. The van der Waals surface area contributed by atoms with Crippen LogP contribution < -0.4 is 4.90 Å². The maximum absolute atomic E-state index is 13.0. The van der Waals surface area contributed by atoms with Crippen LogP contribution >= 0.6 is 0 Å². The summed E-state index contributed by atoms with van der Waals surface area (Å²) < 4.78 is 18.3. The number of nitrogens with zero attached hydrogens (tertiary/aromatic N) is 3. The van der Waals surface area contributed by atoms with E-state index in [1.807, 2.05) is 7.05 Å². The molecule has 0 bridgehead atoms. The van der Waals surface area contributed by atoms with Gasteiger partial charge >= 0.3 is 0 Å². The van der Waals surface area contributed by atoms with E-state index in [2.05, 4.69) is 47.1 Å². The summed E-state index contributed by atoms with van der Waals surface area (Å²) in [5.74, 6) is 0.701. The summed E-state index contributed by atoms with van der Waals surface area (Å²) in [6.07, 6.45) is 0. The number of rotatable bonds is 4. The van der Waals surface area contributed by atoms with Gasteiger partial charge in [-0.3, -0.25) is 0 Å². The molecule has 1 heterocycles. The normalized spacial score (nSPS) is 10.8. The number of aromatic nitrogens is 2. The molecule has 23 heavy (non-hydrogen) atoms. The number of hydrogen-bond donors (Lipinski definition) is 0. The first-order valence-electron chi connectivity index (χ1n) is 7.39. The van der Waals surface area contributed by atoms with Crippen molar-refractivity contribution in [2.75, 3.05) is 11.9 Å². The Morgan fingerprint density at radius 1 is 1.04 bits per heavy atom. The Bertz CT molecular complexity index is 791. The monoisotopic (exact) mass is 311 g/mol. The molecule has 0 N–H and O–H groups in total. The molecule has 0 amide bonds. The molecular formula is C18H18FN3O. The first-order valence-corrected chi connectivity index (χ1v) is 7.39. The standard InChI is InChI=1S/C18H18FN3O/c1-12-8-13(2)10-16(9-12)22(3)11-17-20-18(21-23-17)14-4-6-15(19)7-5-14/h4-10H,11H2,1-3H3. The summed E-state index contributed by atoms with van der Waals surface area (Å²) in [7, 11) is 1.98. The minimum absolute atomic E-state index is 0.285. The molecule has 0 atom stereocenters. The van der Waals surface area contributed by atoms with Gasteiger partial charge in [0.05, 0.1) is 6.54 Å². The van der Waals surface area contributed by atoms with Crippen LogP contribution in [0.15, 0.2) is 47.0 Å². The predicted octanol–water partition coefficient (Wildman–Crippen LogP) is 4.13. The van der Waals surface area contributed by atoms with Gasteiger partial charge in [0.25, 0.3) is 0 Å². The van der Waals surface area contributed by atoms with Crippen molar-refractivity contribution < 1.29 is 8.91 Å². The van der Waals surface area contributed by atoms with Crippen LogP contribution in [0.4, 0.5) is 10.1 Å². The summed E-state index contributed by atoms with van der Waals surface area (Å²) in [4.78, 5) is 6.44. The number of aryl methyl sites for hydroxylation is 2. The van der Waals surface area contributed by atoms with Gasteiger partial charge in [-0.25, -0.2) is 4.39 Å². The van der Waals surface area contributed by atoms with Crippen molar-refractivity contribution in [3.05, 3.63) is 65.3 Å². The first kappa shape index (κ1) is 15.2. The van der Waals surface area contributed by atoms with Crippen LogP contribution in [0.5, 0.6) is 0 Å². The first-order chi connectivity index (χ1) is 11.0. The zero-order valence-corrected chi connectivity index (χ0v) is 13.4. The third kappa shape index (κ3) is 3.56. The van der Waals surface area contributed by atoms with Gasteiger partial charge < -0.3 is 9.42 Å². The van der Waals surface area contributed by atoms with Crippen molar-refractivity contribution in [2.24, 2.45) is 0 Å². The van der Waals surface area contributed by atoms with Crippen LogP contribution in [-0.4, -0.2) is 17.2 Å². The Kier molecular flexibility index (Phi) is 4.10. The zero-order chi connectivity index (χ0) is 16.4. The third-order valence-electron chi connectivity index (χ3n) is 3.59. The molecule has 0 aliphatic rings.